The van der Waals surface area contributed by atoms with Crippen molar-refractivity contribution in [1.82, 2.24) is 0 Å². The fourth-order valence-electron chi connectivity index (χ4n) is 3.45. The molecule has 3 aromatic rings. The molecule has 3 aromatic carbocycles. The lowest BCUT2D eigenvalue weighted by Crippen LogP contribution is -2.21. The van der Waals surface area contributed by atoms with Crippen LogP contribution in [-0.2, 0) is 10.8 Å². The van der Waals surface area contributed by atoms with Gasteiger partial charge in [-0.25, -0.2) is 0 Å². The Hall–Kier alpha value is -2.31. The van der Waals surface area contributed by atoms with Gasteiger partial charge in [-0.3, -0.25) is 0 Å². The van der Waals surface area contributed by atoms with Crippen LogP contribution in [0.1, 0.15) is 52.7 Å². The molecule has 29 heavy (non-hydrogen) atoms. The second kappa shape index (κ2) is 7.18. The molecule has 1 unspecified atom stereocenters. The van der Waals surface area contributed by atoms with E-state index < -0.39 is 8.38 Å². The van der Waals surface area contributed by atoms with E-state index in [9.17, 15) is 0 Å². The minimum absolute atomic E-state index is 0.0673. The molecule has 3 heteroatoms. The van der Waals surface area contributed by atoms with Gasteiger partial charge in [0, 0.05) is 5.56 Å². The molecule has 0 aliphatic carbocycles. The molecule has 0 amide bonds. The smallest absolute Gasteiger partial charge is 0.326 e. The van der Waals surface area contributed by atoms with E-state index in [1.807, 2.05) is 30.3 Å². The summed E-state index contributed by atoms with van der Waals surface area (Å²) in [6.45, 7) is 13.4. The second-order valence-electron chi connectivity index (χ2n) is 9.70. The van der Waals surface area contributed by atoms with E-state index in [0.29, 0.717) is 0 Å². The van der Waals surface area contributed by atoms with E-state index in [1.54, 1.807) is 0 Å². The van der Waals surface area contributed by atoms with Crippen molar-refractivity contribution >= 4 is 13.7 Å². The minimum atomic E-state index is -1.26. The topological polar surface area (TPSA) is 18.5 Å². The van der Waals surface area contributed by atoms with Crippen LogP contribution in [0.5, 0.6) is 11.5 Å². The first kappa shape index (κ1) is 20.0. The molecule has 0 bridgehead atoms. The van der Waals surface area contributed by atoms with Crippen molar-refractivity contribution in [3.63, 3.8) is 0 Å². The second-order valence-corrected chi connectivity index (χ2v) is 11.1. The van der Waals surface area contributed by atoms with Crippen LogP contribution >= 0.6 is 8.38 Å². The fraction of sp³-hybridized carbons (Fsp3) is 0.308. The Morgan fingerprint density at radius 1 is 0.690 bits per heavy atom. The lowest BCUT2D eigenvalue weighted by atomic mass is 9.84. The van der Waals surface area contributed by atoms with Gasteiger partial charge in [-0.05, 0) is 51.8 Å². The summed E-state index contributed by atoms with van der Waals surface area (Å²) >= 11 is 0. The van der Waals surface area contributed by atoms with Gasteiger partial charge in [0.1, 0.15) is 11.5 Å². The third kappa shape index (κ3) is 4.05. The fourth-order valence-corrected chi connectivity index (χ4v) is 4.96. The molecule has 0 radical (unpaired) electrons. The lowest BCUT2D eigenvalue weighted by Gasteiger charge is -2.30. The number of benzene rings is 3. The predicted octanol–water partition coefficient (Wildman–Crippen LogP) is 7.36. The van der Waals surface area contributed by atoms with Gasteiger partial charge in [-0.2, -0.15) is 0 Å². The van der Waals surface area contributed by atoms with E-state index in [2.05, 4.69) is 77.9 Å². The molecule has 150 valence electrons. The van der Waals surface area contributed by atoms with Crippen molar-refractivity contribution in [2.45, 2.75) is 52.4 Å². The monoisotopic (exact) mass is 404 g/mol. The molecule has 0 aromatic heterocycles. The van der Waals surface area contributed by atoms with Crippen molar-refractivity contribution in [1.29, 1.82) is 0 Å². The van der Waals surface area contributed by atoms with E-state index >= 15 is 0 Å². The van der Waals surface area contributed by atoms with Crippen molar-refractivity contribution in [2.75, 3.05) is 0 Å². The zero-order chi connectivity index (χ0) is 20.8. The van der Waals surface area contributed by atoms with Gasteiger partial charge in [0.15, 0.2) is 0 Å². The first-order valence-corrected chi connectivity index (χ1v) is 11.3. The normalized spacial score (nSPS) is 15.9. The van der Waals surface area contributed by atoms with Gasteiger partial charge < -0.3 is 9.05 Å². The van der Waals surface area contributed by atoms with E-state index in [1.165, 1.54) is 16.7 Å². The van der Waals surface area contributed by atoms with Crippen LogP contribution in [0.3, 0.4) is 0 Å². The third-order valence-corrected chi connectivity index (χ3v) is 6.81. The molecule has 1 aliphatic heterocycles. The molecule has 0 fully saturated rings. The highest BCUT2D eigenvalue weighted by atomic mass is 31.2. The highest BCUT2D eigenvalue weighted by Gasteiger charge is 2.32. The van der Waals surface area contributed by atoms with Crippen molar-refractivity contribution in [3.8, 4) is 22.6 Å². The number of para-hydroxylation sites is 1. The zero-order valence-corrected chi connectivity index (χ0v) is 19.0. The zero-order valence-electron chi connectivity index (χ0n) is 18.1. The van der Waals surface area contributed by atoms with Crippen molar-refractivity contribution < 1.29 is 9.05 Å². The van der Waals surface area contributed by atoms with Gasteiger partial charge in [0.05, 0.1) is 5.30 Å². The summed E-state index contributed by atoms with van der Waals surface area (Å²) in [6, 6.07) is 23.3. The average molecular weight is 404 g/mol. The minimum Gasteiger partial charge on any atom is -0.435 e. The number of hydrogen-bond acceptors (Lipinski definition) is 2. The number of hydrogen-bond donors (Lipinski definition) is 0. The molecule has 1 atom stereocenters. The van der Waals surface area contributed by atoms with Crippen LogP contribution in [0, 0.1) is 0 Å². The highest BCUT2D eigenvalue weighted by molar-refractivity contribution is 7.57. The molecule has 0 saturated heterocycles. The van der Waals surface area contributed by atoms with Gasteiger partial charge >= 0.3 is 8.38 Å². The van der Waals surface area contributed by atoms with E-state index in [-0.39, 0.29) is 10.8 Å². The summed E-state index contributed by atoms with van der Waals surface area (Å²) in [7, 11) is -1.26. The Balaban J connectivity index is 1.84. The van der Waals surface area contributed by atoms with Crippen LogP contribution in [0.15, 0.2) is 66.7 Å². The quantitative estimate of drug-likeness (QED) is 0.416. The summed E-state index contributed by atoms with van der Waals surface area (Å²) in [5.41, 5.74) is 5.04. The largest absolute Gasteiger partial charge is 0.435 e. The van der Waals surface area contributed by atoms with Gasteiger partial charge in [-0.1, -0.05) is 84.0 Å². The molecule has 2 nitrogen and oxygen atoms in total. The van der Waals surface area contributed by atoms with Crippen LogP contribution in [0.2, 0.25) is 0 Å². The molecule has 1 aliphatic rings. The maximum Gasteiger partial charge on any atom is 0.326 e. The SMILES string of the molecule is CC(C)(C)c1ccc2c(c1)OP(Oc1ccccc1)c1cc(C(C)(C)C)ccc1-2. The van der Waals surface area contributed by atoms with Crippen molar-refractivity contribution in [2.24, 2.45) is 0 Å². The Bertz CT molecular complexity index is 1030. The molecule has 0 saturated carbocycles. The first-order chi connectivity index (χ1) is 13.6. The Morgan fingerprint density at radius 3 is 1.90 bits per heavy atom. The van der Waals surface area contributed by atoms with E-state index in [0.717, 1.165) is 22.4 Å². The van der Waals surface area contributed by atoms with Crippen LogP contribution < -0.4 is 14.4 Å². The molecular formula is C26H29O2P. The van der Waals surface area contributed by atoms with Crippen LogP contribution in [0.4, 0.5) is 0 Å². The molecule has 4 rings (SSSR count). The summed E-state index contributed by atoms with van der Waals surface area (Å²) in [5.74, 6) is 1.75. The highest BCUT2D eigenvalue weighted by Crippen LogP contribution is 2.51. The molecule has 0 N–H and O–H groups in total. The van der Waals surface area contributed by atoms with Gasteiger partial charge in [-0.15, -0.1) is 0 Å². The molecule has 0 spiro atoms. The van der Waals surface area contributed by atoms with Gasteiger partial charge in [0.25, 0.3) is 0 Å². The van der Waals surface area contributed by atoms with E-state index in [4.69, 9.17) is 9.05 Å². The summed E-state index contributed by atoms with van der Waals surface area (Å²) < 4.78 is 12.9. The predicted molar refractivity (Wildman–Crippen MR) is 124 cm³/mol. The van der Waals surface area contributed by atoms with Gasteiger partial charge in [0.2, 0.25) is 0 Å². The summed E-state index contributed by atoms with van der Waals surface area (Å²) in [6.07, 6.45) is 0. The first-order valence-electron chi connectivity index (χ1n) is 10.1. The Labute approximate surface area is 175 Å². The summed E-state index contributed by atoms with van der Waals surface area (Å²) in [4.78, 5) is 0. The number of rotatable bonds is 2. The standard InChI is InChI=1S/C26H29O2P/c1-25(2,3)18-12-14-21-22-15-13-19(26(4,5)6)17-24(22)29(28-23(21)16-18)27-20-10-8-7-9-11-20/h7-17H,1-6H3. The summed E-state index contributed by atoms with van der Waals surface area (Å²) in [5, 5.41) is 1.15. The average Bonchev–Trinajstić information content (AvgIpc) is 2.66. The maximum absolute atomic E-state index is 6.51. The lowest BCUT2D eigenvalue weighted by molar-refractivity contribution is 0.497. The van der Waals surface area contributed by atoms with Crippen LogP contribution in [-0.4, -0.2) is 0 Å². The van der Waals surface area contributed by atoms with Crippen LogP contribution in [0.25, 0.3) is 11.1 Å². The number of fused-ring (bicyclic) bond motifs is 3. The molecular weight excluding hydrogens is 375 g/mol. The Kier molecular flexibility index (Phi) is 4.95. The molecule has 1 heterocycles. The maximum atomic E-state index is 6.51. The van der Waals surface area contributed by atoms with Crippen molar-refractivity contribution in [3.05, 3.63) is 77.9 Å². The Morgan fingerprint density at radius 2 is 1.28 bits per heavy atom. The third-order valence-electron chi connectivity index (χ3n) is 5.31.